The summed E-state index contributed by atoms with van der Waals surface area (Å²) in [5.41, 5.74) is 6.98. The molecule has 0 atom stereocenters. The van der Waals surface area contributed by atoms with Crippen molar-refractivity contribution in [2.75, 3.05) is 18.9 Å². The number of nitrogens with zero attached hydrogens (tertiary/aromatic N) is 1. The Morgan fingerprint density at radius 1 is 1.10 bits per heavy atom. The molecule has 0 fully saturated rings. The Hall–Kier alpha value is -2.63. The number of rotatable bonds is 4. The molecule has 0 unspecified atom stereocenters. The Bertz CT molecular complexity index is 697. The molecule has 6 nitrogen and oxygen atoms in total. The fourth-order valence-corrected chi connectivity index (χ4v) is 1.93. The first kappa shape index (κ1) is 14.8. The zero-order chi connectivity index (χ0) is 15.4. The van der Waals surface area contributed by atoms with Crippen LogP contribution in [0.15, 0.2) is 24.3 Å². The van der Waals surface area contributed by atoms with Crippen molar-refractivity contribution >= 4 is 28.5 Å². The molecule has 0 radical (unpaired) electrons. The number of hydrogen-bond donors (Lipinski definition) is 1. The van der Waals surface area contributed by atoms with E-state index >= 15 is 0 Å². The minimum atomic E-state index is -0.590. The average molecular weight is 288 g/mol. The van der Waals surface area contributed by atoms with E-state index in [-0.39, 0.29) is 24.5 Å². The van der Waals surface area contributed by atoms with E-state index in [1.807, 2.05) is 0 Å². The first-order chi connectivity index (χ1) is 10.1. The summed E-state index contributed by atoms with van der Waals surface area (Å²) in [6.45, 7) is 3.88. The molecule has 0 aliphatic rings. The quantitative estimate of drug-likeness (QED) is 0.684. The topological polar surface area (TPSA) is 91.5 Å². The molecule has 1 aromatic carbocycles. The molecule has 2 N–H and O–H groups in total. The zero-order valence-corrected chi connectivity index (χ0v) is 11.9. The van der Waals surface area contributed by atoms with Crippen LogP contribution in [0.5, 0.6) is 0 Å². The highest BCUT2D eigenvalue weighted by Gasteiger charge is 2.18. The first-order valence-corrected chi connectivity index (χ1v) is 6.61. The van der Waals surface area contributed by atoms with Crippen molar-refractivity contribution in [1.82, 2.24) is 4.98 Å². The Balaban J connectivity index is 2.62. The SMILES string of the molecule is CCOC(=O)c1cc(C(=O)OCC)c2ccc(N)cc2n1. The second-order valence-electron chi connectivity index (χ2n) is 4.27. The van der Waals surface area contributed by atoms with Gasteiger partial charge in [0.2, 0.25) is 0 Å². The molecule has 1 aromatic heterocycles. The third-order valence-electron chi connectivity index (χ3n) is 2.81. The Morgan fingerprint density at radius 3 is 2.43 bits per heavy atom. The number of benzene rings is 1. The predicted molar refractivity (Wildman–Crippen MR) is 78.1 cm³/mol. The van der Waals surface area contributed by atoms with Crippen LogP contribution in [0.3, 0.4) is 0 Å². The maximum absolute atomic E-state index is 12.0. The number of carbonyl (C=O) groups is 2. The van der Waals surface area contributed by atoms with E-state index in [1.54, 1.807) is 32.0 Å². The Morgan fingerprint density at radius 2 is 1.76 bits per heavy atom. The molecule has 2 aromatic rings. The molecule has 0 amide bonds. The lowest BCUT2D eigenvalue weighted by atomic mass is 10.1. The summed E-state index contributed by atoms with van der Waals surface area (Å²) >= 11 is 0. The summed E-state index contributed by atoms with van der Waals surface area (Å²) in [5.74, 6) is -1.10. The maximum atomic E-state index is 12.0. The van der Waals surface area contributed by atoms with Gasteiger partial charge in [-0.15, -0.1) is 0 Å². The number of fused-ring (bicyclic) bond motifs is 1. The van der Waals surface area contributed by atoms with E-state index in [0.29, 0.717) is 16.6 Å². The number of aromatic nitrogens is 1. The molecule has 0 spiro atoms. The molecule has 6 heteroatoms. The second kappa shape index (κ2) is 6.21. The van der Waals surface area contributed by atoms with Crippen molar-refractivity contribution in [2.45, 2.75) is 13.8 Å². The van der Waals surface area contributed by atoms with Crippen LogP contribution in [0.25, 0.3) is 10.9 Å². The molecular formula is C15H16N2O4. The van der Waals surface area contributed by atoms with Gasteiger partial charge in [-0.05, 0) is 38.1 Å². The standard InChI is InChI=1S/C15H16N2O4/c1-3-20-14(18)11-8-13(15(19)21-4-2)17-12-7-9(16)5-6-10(11)12/h5-8H,3-4,16H2,1-2H3. The Kier molecular flexibility index (Phi) is 4.37. The van der Waals surface area contributed by atoms with Crippen LogP contribution in [0.2, 0.25) is 0 Å². The summed E-state index contributed by atoms with van der Waals surface area (Å²) in [4.78, 5) is 28.1. The summed E-state index contributed by atoms with van der Waals surface area (Å²) in [6.07, 6.45) is 0. The van der Waals surface area contributed by atoms with Crippen LogP contribution in [0.4, 0.5) is 5.69 Å². The molecular weight excluding hydrogens is 272 g/mol. The Labute approximate surface area is 121 Å². The van der Waals surface area contributed by atoms with E-state index in [9.17, 15) is 9.59 Å². The highest BCUT2D eigenvalue weighted by atomic mass is 16.5. The van der Waals surface area contributed by atoms with Crippen LogP contribution in [-0.2, 0) is 9.47 Å². The molecule has 21 heavy (non-hydrogen) atoms. The van der Waals surface area contributed by atoms with Crippen LogP contribution < -0.4 is 5.73 Å². The lowest BCUT2D eigenvalue weighted by Gasteiger charge is -2.09. The van der Waals surface area contributed by atoms with Gasteiger partial charge in [-0.25, -0.2) is 14.6 Å². The van der Waals surface area contributed by atoms with E-state index in [4.69, 9.17) is 15.2 Å². The number of esters is 2. The molecule has 110 valence electrons. The van der Waals surface area contributed by atoms with Gasteiger partial charge in [-0.1, -0.05) is 0 Å². The number of ether oxygens (including phenoxy) is 2. The first-order valence-electron chi connectivity index (χ1n) is 6.61. The molecule has 0 saturated carbocycles. The molecule has 0 aliphatic carbocycles. The van der Waals surface area contributed by atoms with E-state index in [1.165, 1.54) is 6.07 Å². The van der Waals surface area contributed by atoms with Gasteiger partial charge in [0.05, 0.1) is 24.3 Å². The van der Waals surface area contributed by atoms with Crippen molar-refractivity contribution in [2.24, 2.45) is 0 Å². The molecule has 2 rings (SSSR count). The minimum Gasteiger partial charge on any atom is -0.462 e. The lowest BCUT2D eigenvalue weighted by molar-refractivity contribution is 0.0519. The van der Waals surface area contributed by atoms with Crippen LogP contribution in [0, 0.1) is 0 Å². The predicted octanol–water partition coefficient (Wildman–Crippen LogP) is 2.17. The number of nitrogen functional groups attached to an aromatic ring is 1. The van der Waals surface area contributed by atoms with Crippen LogP contribution in [0.1, 0.15) is 34.7 Å². The molecule has 0 aliphatic heterocycles. The minimum absolute atomic E-state index is 0.0537. The zero-order valence-electron chi connectivity index (χ0n) is 11.9. The van der Waals surface area contributed by atoms with Gasteiger partial charge in [-0.2, -0.15) is 0 Å². The van der Waals surface area contributed by atoms with Gasteiger partial charge in [0.1, 0.15) is 5.69 Å². The van der Waals surface area contributed by atoms with E-state index in [2.05, 4.69) is 4.98 Å². The highest BCUT2D eigenvalue weighted by molar-refractivity contribution is 6.06. The van der Waals surface area contributed by atoms with E-state index in [0.717, 1.165) is 0 Å². The highest BCUT2D eigenvalue weighted by Crippen LogP contribution is 2.22. The van der Waals surface area contributed by atoms with Gasteiger partial charge in [0, 0.05) is 11.1 Å². The van der Waals surface area contributed by atoms with Gasteiger partial charge in [0.15, 0.2) is 0 Å². The largest absolute Gasteiger partial charge is 0.462 e. The van der Waals surface area contributed by atoms with Gasteiger partial charge >= 0.3 is 11.9 Å². The van der Waals surface area contributed by atoms with Crippen LogP contribution >= 0.6 is 0 Å². The van der Waals surface area contributed by atoms with Crippen molar-refractivity contribution in [3.63, 3.8) is 0 Å². The number of nitrogens with two attached hydrogens (primary N) is 1. The summed E-state index contributed by atoms with van der Waals surface area (Å²) in [6, 6.07) is 6.32. The monoisotopic (exact) mass is 288 g/mol. The van der Waals surface area contributed by atoms with Crippen molar-refractivity contribution in [1.29, 1.82) is 0 Å². The molecule has 0 bridgehead atoms. The molecule has 0 saturated heterocycles. The smallest absolute Gasteiger partial charge is 0.356 e. The van der Waals surface area contributed by atoms with Gasteiger partial charge in [0.25, 0.3) is 0 Å². The third-order valence-corrected chi connectivity index (χ3v) is 2.81. The van der Waals surface area contributed by atoms with Crippen LogP contribution in [-0.4, -0.2) is 30.1 Å². The third kappa shape index (κ3) is 3.10. The second-order valence-corrected chi connectivity index (χ2v) is 4.27. The van der Waals surface area contributed by atoms with Crippen molar-refractivity contribution in [3.05, 3.63) is 35.5 Å². The summed E-state index contributed by atoms with van der Waals surface area (Å²) in [7, 11) is 0. The summed E-state index contributed by atoms with van der Waals surface area (Å²) in [5, 5.41) is 0.579. The maximum Gasteiger partial charge on any atom is 0.356 e. The number of carbonyl (C=O) groups excluding carboxylic acids is 2. The van der Waals surface area contributed by atoms with Gasteiger partial charge < -0.3 is 15.2 Å². The fourth-order valence-electron chi connectivity index (χ4n) is 1.93. The summed E-state index contributed by atoms with van der Waals surface area (Å²) < 4.78 is 9.93. The fraction of sp³-hybridized carbons (Fsp3) is 0.267. The number of hydrogen-bond acceptors (Lipinski definition) is 6. The number of pyridine rings is 1. The van der Waals surface area contributed by atoms with Gasteiger partial charge in [-0.3, -0.25) is 0 Å². The van der Waals surface area contributed by atoms with E-state index < -0.39 is 11.9 Å². The number of anilines is 1. The van der Waals surface area contributed by atoms with Crippen molar-refractivity contribution in [3.8, 4) is 0 Å². The normalized spacial score (nSPS) is 10.4. The molecule has 1 heterocycles. The average Bonchev–Trinajstić information content (AvgIpc) is 2.46. The lowest BCUT2D eigenvalue weighted by Crippen LogP contribution is -2.12. The van der Waals surface area contributed by atoms with Crippen molar-refractivity contribution < 1.29 is 19.1 Å².